The molecule has 0 aliphatic carbocycles. The summed E-state index contributed by atoms with van der Waals surface area (Å²) in [6, 6.07) is 15.6. The Balaban J connectivity index is 1.86. The number of ketones is 1. The Morgan fingerprint density at radius 1 is 1.15 bits per heavy atom. The maximum absolute atomic E-state index is 13.1. The van der Waals surface area contributed by atoms with Gasteiger partial charge in [0.2, 0.25) is 10.0 Å². The van der Waals surface area contributed by atoms with E-state index in [1.807, 2.05) is 47.5 Å². The quantitative estimate of drug-likeness (QED) is 0.733. The Hall–Kier alpha value is -2.31. The molecule has 5 nitrogen and oxygen atoms in total. The standard InChI is InChI=1S/C20H21ClN2O3S/c1-27(25,26)23(18-12-10-16(21)11-13-18)15-20(24)19-9-5-6-14-22(19)17-7-3-2-4-8-17/h2-4,6-8,10-14,19H,5,9,15H2,1H3. The molecule has 3 rings (SSSR count). The number of benzene rings is 2. The first-order valence-electron chi connectivity index (χ1n) is 8.62. The molecule has 0 amide bonds. The lowest BCUT2D eigenvalue weighted by molar-refractivity contribution is -0.119. The fraction of sp³-hybridized carbons (Fsp3) is 0.250. The SMILES string of the molecule is CS(=O)(=O)N(CC(=O)C1CCC=CN1c1ccccc1)c1ccc(Cl)cc1. The number of anilines is 2. The highest BCUT2D eigenvalue weighted by atomic mass is 35.5. The van der Waals surface area contributed by atoms with E-state index in [9.17, 15) is 13.2 Å². The van der Waals surface area contributed by atoms with Gasteiger partial charge in [0.1, 0.15) is 0 Å². The molecule has 0 spiro atoms. The van der Waals surface area contributed by atoms with Crippen molar-refractivity contribution in [1.29, 1.82) is 0 Å². The van der Waals surface area contributed by atoms with E-state index in [0.717, 1.165) is 22.7 Å². The van der Waals surface area contributed by atoms with Crippen LogP contribution in [0.25, 0.3) is 0 Å². The number of halogens is 1. The summed E-state index contributed by atoms with van der Waals surface area (Å²) in [5.74, 6) is -0.149. The van der Waals surface area contributed by atoms with Gasteiger partial charge in [-0.1, -0.05) is 35.9 Å². The normalized spacial score (nSPS) is 17.0. The van der Waals surface area contributed by atoms with Crippen molar-refractivity contribution in [2.75, 3.05) is 22.0 Å². The molecule has 1 aliphatic heterocycles. The number of rotatable bonds is 6. The van der Waals surface area contributed by atoms with Gasteiger partial charge in [-0.2, -0.15) is 0 Å². The highest BCUT2D eigenvalue weighted by Gasteiger charge is 2.30. The Morgan fingerprint density at radius 3 is 2.44 bits per heavy atom. The first-order chi connectivity index (χ1) is 12.9. The Bertz CT molecular complexity index is 927. The van der Waals surface area contributed by atoms with Crippen LogP contribution in [0.2, 0.25) is 5.02 Å². The molecule has 2 aromatic rings. The zero-order valence-corrected chi connectivity index (χ0v) is 16.5. The van der Waals surface area contributed by atoms with E-state index in [1.54, 1.807) is 24.3 Å². The molecule has 0 aromatic heterocycles. The van der Waals surface area contributed by atoms with Gasteiger partial charge < -0.3 is 4.90 Å². The monoisotopic (exact) mass is 404 g/mol. The third-order valence-corrected chi connectivity index (χ3v) is 5.84. The van der Waals surface area contributed by atoms with Crippen LogP contribution >= 0.6 is 11.6 Å². The van der Waals surface area contributed by atoms with Crippen molar-refractivity contribution < 1.29 is 13.2 Å². The number of carbonyl (C=O) groups is 1. The van der Waals surface area contributed by atoms with Crippen LogP contribution in [-0.2, 0) is 14.8 Å². The van der Waals surface area contributed by atoms with Crippen molar-refractivity contribution in [3.8, 4) is 0 Å². The molecule has 0 saturated carbocycles. The Morgan fingerprint density at radius 2 is 1.81 bits per heavy atom. The van der Waals surface area contributed by atoms with Crippen molar-refractivity contribution in [3.63, 3.8) is 0 Å². The van der Waals surface area contributed by atoms with Crippen LogP contribution in [0.15, 0.2) is 66.9 Å². The molecular weight excluding hydrogens is 384 g/mol. The predicted octanol–water partition coefficient (Wildman–Crippen LogP) is 3.86. The Kier molecular flexibility index (Phi) is 5.87. The molecule has 1 atom stereocenters. The van der Waals surface area contributed by atoms with E-state index in [0.29, 0.717) is 17.1 Å². The van der Waals surface area contributed by atoms with E-state index >= 15 is 0 Å². The second-order valence-electron chi connectivity index (χ2n) is 6.43. The van der Waals surface area contributed by atoms with Crippen molar-refractivity contribution in [3.05, 3.63) is 71.9 Å². The Labute approximate surface area is 164 Å². The molecule has 0 radical (unpaired) electrons. The summed E-state index contributed by atoms with van der Waals surface area (Å²) < 4.78 is 25.7. The highest BCUT2D eigenvalue weighted by Crippen LogP contribution is 2.26. The van der Waals surface area contributed by atoms with Crippen molar-refractivity contribution in [2.24, 2.45) is 0 Å². The van der Waals surface area contributed by atoms with Gasteiger partial charge in [0.05, 0.1) is 24.5 Å². The average molecular weight is 405 g/mol. The van der Waals surface area contributed by atoms with Crippen molar-refractivity contribution in [2.45, 2.75) is 18.9 Å². The fourth-order valence-corrected chi connectivity index (χ4v) is 4.11. The lowest BCUT2D eigenvalue weighted by atomic mass is 10.0. The van der Waals surface area contributed by atoms with Crippen molar-refractivity contribution in [1.82, 2.24) is 0 Å². The number of para-hydroxylation sites is 1. The molecule has 0 bridgehead atoms. The van der Waals surface area contributed by atoms with Gasteiger partial charge in [-0.05, 0) is 49.2 Å². The number of hydrogen-bond donors (Lipinski definition) is 0. The number of nitrogens with zero attached hydrogens (tertiary/aromatic N) is 2. The molecule has 2 aromatic carbocycles. The van der Waals surface area contributed by atoms with E-state index in [4.69, 9.17) is 11.6 Å². The second-order valence-corrected chi connectivity index (χ2v) is 8.78. The summed E-state index contributed by atoms with van der Waals surface area (Å²) in [6.07, 6.45) is 6.44. The molecule has 0 saturated heterocycles. The van der Waals surface area contributed by atoms with E-state index in [1.165, 1.54) is 0 Å². The van der Waals surface area contributed by atoms with Crippen LogP contribution in [0.1, 0.15) is 12.8 Å². The third kappa shape index (κ3) is 4.70. The maximum Gasteiger partial charge on any atom is 0.232 e. The lowest BCUT2D eigenvalue weighted by Gasteiger charge is -2.34. The molecule has 1 aliphatic rings. The summed E-state index contributed by atoms with van der Waals surface area (Å²) in [5, 5.41) is 0.506. The number of hydrogen-bond acceptors (Lipinski definition) is 4. The minimum atomic E-state index is -3.61. The number of sulfonamides is 1. The number of carbonyl (C=O) groups excluding carboxylic acids is 1. The molecule has 1 unspecified atom stereocenters. The number of Topliss-reactive ketones (excluding diaryl/α,β-unsaturated/α-hetero) is 1. The molecular formula is C20H21ClN2O3S. The van der Waals surface area contributed by atoms with E-state index in [2.05, 4.69) is 0 Å². The predicted molar refractivity (Wildman–Crippen MR) is 110 cm³/mol. The second kappa shape index (κ2) is 8.15. The van der Waals surface area contributed by atoms with Gasteiger partial charge in [-0.3, -0.25) is 9.10 Å². The van der Waals surface area contributed by atoms with Crippen LogP contribution in [-0.4, -0.2) is 33.0 Å². The lowest BCUT2D eigenvalue weighted by Crippen LogP contribution is -2.46. The topological polar surface area (TPSA) is 57.7 Å². The zero-order chi connectivity index (χ0) is 19.4. The summed E-state index contributed by atoms with van der Waals surface area (Å²) >= 11 is 5.90. The van der Waals surface area contributed by atoms with Gasteiger partial charge in [-0.15, -0.1) is 0 Å². The first kappa shape index (κ1) is 19.5. The summed E-state index contributed by atoms with van der Waals surface area (Å²) in [5.41, 5.74) is 1.33. The molecule has 7 heteroatoms. The number of allylic oxidation sites excluding steroid dienone is 1. The van der Waals surface area contributed by atoms with Gasteiger partial charge >= 0.3 is 0 Å². The summed E-state index contributed by atoms with van der Waals surface area (Å²) in [7, 11) is -3.61. The summed E-state index contributed by atoms with van der Waals surface area (Å²) in [4.78, 5) is 15.0. The first-order valence-corrected chi connectivity index (χ1v) is 10.8. The van der Waals surface area contributed by atoms with Gasteiger partial charge in [0.25, 0.3) is 0 Å². The van der Waals surface area contributed by atoms with Crippen LogP contribution in [0, 0.1) is 0 Å². The van der Waals surface area contributed by atoms with Crippen LogP contribution in [0.3, 0.4) is 0 Å². The average Bonchev–Trinajstić information content (AvgIpc) is 2.66. The fourth-order valence-electron chi connectivity index (χ4n) is 3.12. The zero-order valence-electron chi connectivity index (χ0n) is 15.0. The van der Waals surface area contributed by atoms with Crippen molar-refractivity contribution >= 4 is 38.8 Å². The van der Waals surface area contributed by atoms with Crippen LogP contribution in [0.4, 0.5) is 11.4 Å². The minimum Gasteiger partial charge on any atom is -0.338 e. The summed E-state index contributed by atoms with van der Waals surface area (Å²) in [6.45, 7) is -0.220. The van der Waals surface area contributed by atoms with E-state index in [-0.39, 0.29) is 12.3 Å². The van der Waals surface area contributed by atoms with Crippen LogP contribution in [0.5, 0.6) is 0 Å². The molecule has 0 N–H and O–H groups in total. The molecule has 142 valence electrons. The molecule has 27 heavy (non-hydrogen) atoms. The van der Waals surface area contributed by atoms with E-state index < -0.39 is 16.1 Å². The minimum absolute atomic E-state index is 0.149. The van der Waals surface area contributed by atoms with Gasteiger partial charge in [0.15, 0.2) is 5.78 Å². The third-order valence-electron chi connectivity index (χ3n) is 4.45. The van der Waals surface area contributed by atoms with Gasteiger partial charge in [-0.25, -0.2) is 8.42 Å². The van der Waals surface area contributed by atoms with Crippen LogP contribution < -0.4 is 9.21 Å². The van der Waals surface area contributed by atoms with Gasteiger partial charge in [0, 0.05) is 16.9 Å². The largest absolute Gasteiger partial charge is 0.338 e. The molecule has 0 fully saturated rings. The molecule has 1 heterocycles. The maximum atomic E-state index is 13.1. The highest BCUT2D eigenvalue weighted by molar-refractivity contribution is 7.92. The smallest absolute Gasteiger partial charge is 0.232 e.